The van der Waals surface area contributed by atoms with Gasteiger partial charge >= 0.3 is 12.1 Å². The minimum atomic E-state index is -0.946. The Balaban J connectivity index is 2.21. The maximum absolute atomic E-state index is 12.6. The van der Waals surface area contributed by atoms with Crippen LogP contribution in [-0.4, -0.2) is 55.6 Å². The standard InChI is InChI=1S/C23H27NO8S/c1-14(25)15-4-7-17(8-5-15)24-23(28)32-22(16-6-9-19(29-2)18(26)12-16)20(30-3)10-11-31-21(27)13-33/h4-9,12,20,22,26,33H,10-11,13H2,1-3H3,(H,24,28)/t20-,22-/m0/s1. The van der Waals surface area contributed by atoms with Gasteiger partial charge in [-0.15, -0.1) is 0 Å². The Hall–Kier alpha value is -3.24. The Bertz CT molecular complexity index is 963. The minimum Gasteiger partial charge on any atom is -0.504 e. The molecule has 178 valence electrons. The van der Waals surface area contributed by atoms with Gasteiger partial charge in [0.1, 0.15) is 6.10 Å². The van der Waals surface area contributed by atoms with Gasteiger partial charge in [0.2, 0.25) is 0 Å². The van der Waals surface area contributed by atoms with Crippen LogP contribution in [0, 0.1) is 0 Å². The van der Waals surface area contributed by atoms with Gasteiger partial charge in [-0.25, -0.2) is 4.79 Å². The maximum Gasteiger partial charge on any atom is 0.412 e. The van der Waals surface area contributed by atoms with Crippen molar-refractivity contribution in [3.8, 4) is 11.5 Å². The first-order valence-corrected chi connectivity index (χ1v) is 10.7. The van der Waals surface area contributed by atoms with E-state index < -0.39 is 24.3 Å². The molecule has 0 radical (unpaired) electrons. The molecule has 2 N–H and O–H groups in total. The average molecular weight is 478 g/mol. The van der Waals surface area contributed by atoms with Crippen molar-refractivity contribution in [2.75, 3.05) is 31.9 Å². The second-order valence-corrected chi connectivity index (χ2v) is 7.27. The van der Waals surface area contributed by atoms with E-state index in [0.29, 0.717) is 16.8 Å². The smallest absolute Gasteiger partial charge is 0.412 e. The number of esters is 1. The second kappa shape index (κ2) is 12.7. The number of benzene rings is 2. The molecule has 0 spiro atoms. The van der Waals surface area contributed by atoms with Gasteiger partial charge in [-0.05, 0) is 48.9 Å². The van der Waals surface area contributed by atoms with Crippen molar-refractivity contribution >= 4 is 36.2 Å². The summed E-state index contributed by atoms with van der Waals surface area (Å²) in [6.07, 6.45) is -2.21. The van der Waals surface area contributed by atoms with Gasteiger partial charge in [-0.3, -0.25) is 14.9 Å². The van der Waals surface area contributed by atoms with E-state index in [4.69, 9.17) is 18.9 Å². The lowest BCUT2D eigenvalue weighted by Crippen LogP contribution is -2.29. The van der Waals surface area contributed by atoms with E-state index in [1.807, 2.05) is 0 Å². The van der Waals surface area contributed by atoms with Gasteiger partial charge in [-0.1, -0.05) is 6.07 Å². The number of phenolic OH excluding ortho intramolecular Hbond substituents is 1. The minimum absolute atomic E-state index is 0.0218. The highest BCUT2D eigenvalue weighted by molar-refractivity contribution is 7.81. The quantitative estimate of drug-likeness (QED) is 0.254. The second-order valence-electron chi connectivity index (χ2n) is 6.96. The fourth-order valence-corrected chi connectivity index (χ4v) is 3.11. The molecule has 0 heterocycles. The van der Waals surface area contributed by atoms with Crippen LogP contribution in [0.25, 0.3) is 0 Å². The topological polar surface area (TPSA) is 120 Å². The Morgan fingerprint density at radius 1 is 1.09 bits per heavy atom. The number of rotatable bonds is 11. The molecule has 2 atom stereocenters. The Labute approximate surface area is 197 Å². The molecule has 33 heavy (non-hydrogen) atoms. The van der Waals surface area contributed by atoms with Crippen molar-refractivity contribution in [3.05, 3.63) is 53.6 Å². The number of Topliss-reactive ketones (excluding diaryl/α,β-unsaturated/α-hetero) is 1. The number of hydrogen-bond acceptors (Lipinski definition) is 9. The van der Waals surface area contributed by atoms with Crippen molar-refractivity contribution in [3.63, 3.8) is 0 Å². The summed E-state index contributed by atoms with van der Waals surface area (Å²) in [5, 5.41) is 12.8. The third-order valence-corrected chi connectivity index (χ3v) is 5.00. The highest BCUT2D eigenvalue weighted by atomic mass is 32.1. The fraction of sp³-hybridized carbons (Fsp3) is 0.348. The molecule has 9 nitrogen and oxygen atoms in total. The molecule has 2 rings (SSSR count). The molecule has 0 fully saturated rings. The molecule has 0 unspecified atom stereocenters. The van der Waals surface area contributed by atoms with E-state index in [0.717, 1.165) is 0 Å². The zero-order chi connectivity index (χ0) is 24.4. The first-order valence-electron chi connectivity index (χ1n) is 10.0. The molecule has 0 aromatic heterocycles. The van der Waals surface area contributed by atoms with E-state index in [1.165, 1.54) is 33.3 Å². The summed E-state index contributed by atoms with van der Waals surface area (Å²) in [6.45, 7) is 1.47. The molecule has 10 heteroatoms. The van der Waals surface area contributed by atoms with Crippen LogP contribution >= 0.6 is 12.6 Å². The highest BCUT2D eigenvalue weighted by Crippen LogP contribution is 2.33. The lowest BCUT2D eigenvalue weighted by atomic mass is 10.0. The zero-order valence-electron chi connectivity index (χ0n) is 18.6. The van der Waals surface area contributed by atoms with Crippen LogP contribution in [0.4, 0.5) is 10.5 Å². The van der Waals surface area contributed by atoms with Crippen LogP contribution in [0.3, 0.4) is 0 Å². The third kappa shape index (κ3) is 7.69. The molecule has 0 aliphatic rings. The van der Waals surface area contributed by atoms with Gasteiger partial charge in [0.25, 0.3) is 0 Å². The lowest BCUT2D eigenvalue weighted by molar-refractivity contribution is -0.141. The van der Waals surface area contributed by atoms with Gasteiger partial charge < -0.3 is 24.1 Å². The number of methoxy groups -OCH3 is 2. The summed E-state index contributed by atoms with van der Waals surface area (Å²) >= 11 is 3.86. The summed E-state index contributed by atoms with van der Waals surface area (Å²) < 4.78 is 21.3. The SMILES string of the molecule is COc1ccc([C@H](OC(=O)Nc2ccc(C(C)=O)cc2)[C@H](CCOC(=O)CS)OC)cc1O. The monoisotopic (exact) mass is 477 g/mol. The number of aromatic hydroxyl groups is 1. The van der Waals surface area contributed by atoms with Crippen LogP contribution in [0.15, 0.2) is 42.5 Å². The van der Waals surface area contributed by atoms with Crippen LogP contribution < -0.4 is 10.1 Å². The predicted octanol–water partition coefficient (Wildman–Crippen LogP) is 3.77. The number of phenols is 1. The van der Waals surface area contributed by atoms with E-state index >= 15 is 0 Å². The van der Waals surface area contributed by atoms with Crippen molar-refractivity contribution in [2.45, 2.75) is 25.6 Å². The Morgan fingerprint density at radius 2 is 1.79 bits per heavy atom. The summed E-state index contributed by atoms with van der Waals surface area (Å²) in [4.78, 5) is 35.4. The third-order valence-electron chi connectivity index (χ3n) is 4.74. The summed E-state index contributed by atoms with van der Waals surface area (Å²) in [5.41, 5.74) is 1.39. The predicted molar refractivity (Wildman–Crippen MR) is 124 cm³/mol. The van der Waals surface area contributed by atoms with Crippen LogP contribution in [0.5, 0.6) is 11.5 Å². The molecule has 0 aliphatic heterocycles. The number of anilines is 1. The molecule has 0 saturated heterocycles. The van der Waals surface area contributed by atoms with Crippen molar-refractivity contribution in [2.24, 2.45) is 0 Å². The molecule has 0 bridgehead atoms. The maximum atomic E-state index is 12.6. The number of thiol groups is 1. The first kappa shape index (κ1) is 26.0. The molecule has 2 aromatic rings. The summed E-state index contributed by atoms with van der Waals surface area (Å²) in [5.74, 6) is -0.525. The number of ketones is 1. The number of nitrogens with one attached hydrogen (secondary N) is 1. The number of amides is 1. The van der Waals surface area contributed by atoms with Crippen molar-refractivity contribution in [1.82, 2.24) is 0 Å². The van der Waals surface area contributed by atoms with Crippen LogP contribution in [0.2, 0.25) is 0 Å². The molecule has 1 amide bonds. The Morgan fingerprint density at radius 3 is 2.33 bits per heavy atom. The lowest BCUT2D eigenvalue weighted by Gasteiger charge is -2.26. The largest absolute Gasteiger partial charge is 0.504 e. The normalized spacial score (nSPS) is 12.4. The van der Waals surface area contributed by atoms with E-state index in [9.17, 15) is 19.5 Å². The number of hydrogen-bond donors (Lipinski definition) is 3. The van der Waals surface area contributed by atoms with E-state index in [2.05, 4.69) is 17.9 Å². The molecular weight excluding hydrogens is 450 g/mol. The highest BCUT2D eigenvalue weighted by Gasteiger charge is 2.28. The van der Waals surface area contributed by atoms with Crippen LogP contribution in [0.1, 0.15) is 35.4 Å². The summed E-state index contributed by atoms with van der Waals surface area (Å²) in [7, 11) is 2.85. The van der Waals surface area contributed by atoms with Gasteiger partial charge in [0.05, 0.1) is 19.5 Å². The Kier molecular flexibility index (Phi) is 10.0. The van der Waals surface area contributed by atoms with Crippen molar-refractivity contribution < 1.29 is 38.4 Å². The van der Waals surface area contributed by atoms with Gasteiger partial charge in [-0.2, -0.15) is 12.6 Å². The average Bonchev–Trinajstić information content (AvgIpc) is 2.80. The summed E-state index contributed by atoms with van der Waals surface area (Å²) in [6, 6.07) is 10.9. The van der Waals surface area contributed by atoms with E-state index in [-0.39, 0.29) is 36.1 Å². The molecular formula is C23H27NO8S. The van der Waals surface area contributed by atoms with Crippen LogP contribution in [-0.2, 0) is 19.0 Å². The van der Waals surface area contributed by atoms with Crippen molar-refractivity contribution in [1.29, 1.82) is 0 Å². The van der Waals surface area contributed by atoms with E-state index in [1.54, 1.807) is 30.3 Å². The number of carbonyl (C=O) groups excluding carboxylic acids is 3. The fourth-order valence-electron chi connectivity index (χ4n) is 3.02. The first-order chi connectivity index (χ1) is 15.8. The molecule has 0 aliphatic carbocycles. The number of carbonyl (C=O) groups is 3. The van der Waals surface area contributed by atoms with Gasteiger partial charge in [0.15, 0.2) is 23.4 Å². The zero-order valence-corrected chi connectivity index (χ0v) is 19.5. The molecule has 0 saturated carbocycles. The molecule has 2 aromatic carbocycles. The van der Waals surface area contributed by atoms with Gasteiger partial charge in [0, 0.05) is 24.8 Å². The number of ether oxygens (including phenoxy) is 4.